The highest BCUT2D eigenvalue weighted by Gasteiger charge is 2.19. The second kappa shape index (κ2) is 8.98. The zero-order chi connectivity index (χ0) is 14.2. The molecular formula is C16H33N3O. The average Bonchev–Trinajstić information content (AvgIpc) is 2.46. The van der Waals surface area contributed by atoms with Crippen molar-refractivity contribution in [3.05, 3.63) is 0 Å². The topological polar surface area (TPSA) is 27.7 Å². The van der Waals surface area contributed by atoms with Crippen molar-refractivity contribution in [3.63, 3.8) is 0 Å². The first-order valence-corrected chi connectivity index (χ1v) is 8.43. The molecule has 0 amide bonds. The van der Waals surface area contributed by atoms with Crippen molar-refractivity contribution >= 4 is 0 Å². The number of nitrogens with zero attached hydrogens (tertiary/aromatic N) is 2. The third-order valence-electron chi connectivity index (χ3n) is 4.59. The van der Waals surface area contributed by atoms with Gasteiger partial charge < -0.3 is 19.9 Å². The molecule has 2 aliphatic heterocycles. The fourth-order valence-corrected chi connectivity index (χ4v) is 3.41. The van der Waals surface area contributed by atoms with Crippen LogP contribution in [0.5, 0.6) is 0 Å². The smallest absolute Gasteiger partial charge is 0.0599 e. The molecule has 0 aliphatic carbocycles. The maximum Gasteiger partial charge on any atom is 0.0599 e. The van der Waals surface area contributed by atoms with E-state index in [0.29, 0.717) is 6.10 Å². The van der Waals surface area contributed by atoms with E-state index in [1.807, 2.05) is 0 Å². The molecule has 118 valence electrons. The van der Waals surface area contributed by atoms with Gasteiger partial charge in [0, 0.05) is 19.7 Å². The van der Waals surface area contributed by atoms with E-state index < -0.39 is 0 Å². The average molecular weight is 283 g/mol. The summed E-state index contributed by atoms with van der Waals surface area (Å²) in [5.74, 6) is 0.909. The highest BCUT2D eigenvalue weighted by molar-refractivity contribution is 4.74. The third kappa shape index (κ3) is 6.08. The molecule has 0 radical (unpaired) electrons. The van der Waals surface area contributed by atoms with Gasteiger partial charge in [0.25, 0.3) is 0 Å². The van der Waals surface area contributed by atoms with Gasteiger partial charge in [-0.1, -0.05) is 0 Å². The summed E-state index contributed by atoms with van der Waals surface area (Å²) in [6.45, 7) is 8.25. The Balaban J connectivity index is 1.48. The van der Waals surface area contributed by atoms with E-state index in [1.165, 1.54) is 58.3 Å². The van der Waals surface area contributed by atoms with Gasteiger partial charge >= 0.3 is 0 Å². The molecule has 2 aliphatic rings. The van der Waals surface area contributed by atoms with Crippen LogP contribution in [0.3, 0.4) is 0 Å². The van der Waals surface area contributed by atoms with Crippen LogP contribution >= 0.6 is 0 Å². The molecule has 0 aromatic heterocycles. The SMILES string of the molecule is CN(C)CC1CCN(CCCOC2CCNCC2)CC1. The molecule has 1 N–H and O–H groups in total. The molecule has 0 bridgehead atoms. The minimum absolute atomic E-state index is 0.516. The maximum absolute atomic E-state index is 5.97. The molecule has 0 aromatic carbocycles. The van der Waals surface area contributed by atoms with Gasteiger partial charge in [-0.3, -0.25) is 0 Å². The van der Waals surface area contributed by atoms with Gasteiger partial charge in [0.2, 0.25) is 0 Å². The Hall–Kier alpha value is -0.160. The quantitative estimate of drug-likeness (QED) is 0.715. The molecule has 0 atom stereocenters. The van der Waals surface area contributed by atoms with Crippen LogP contribution in [0.4, 0.5) is 0 Å². The van der Waals surface area contributed by atoms with Gasteiger partial charge in [-0.25, -0.2) is 0 Å². The summed E-state index contributed by atoms with van der Waals surface area (Å²) in [5.41, 5.74) is 0. The minimum atomic E-state index is 0.516. The molecule has 2 rings (SSSR count). The Morgan fingerprint density at radius 1 is 1.10 bits per heavy atom. The summed E-state index contributed by atoms with van der Waals surface area (Å²) in [7, 11) is 4.37. The largest absolute Gasteiger partial charge is 0.378 e. The highest BCUT2D eigenvalue weighted by atomic mass is 16.5. The number of rotatable bonds is 7. The van der Waals surface area contributed by atoms with E-state index in [4.69, 9.17) is 4.74 Å². The summed E-state index contributed by atoms with van der Waals surface area (Å²) in [6.07, 6.45) is 6.83. The van der Waals surface area contributed by atoms with Gasteiger partial charge in [0.05, 0.1) is 6.10 Å². The van der Waals surface area contributed by atoms with Gasteiger partial charge in [-0.15, -0.1) is 0 Å². The molecule has 4 heteroatoms. The van der Waals surface area contributed by atoms with Crippen LogP contribution in [0.2, 0.25) is 0 Å². The lowest BCUT2D eigenvalue weighted by Gasteiger charge is -2.33. The predicted molar refractivity (Wildman–Crippen MR) is 84.2 cm³/mol. The molecule has 0 unspecified atom stereocenters. The first-order valence-electron chi connectivity index (χ1n) is 8.43. The lowest BCUT2D eigenvalue weighted by atomic mass is 9.96. The monoisotopic (exact) mass is 283 g/mol. The van der Waals surface area contributed by atoms with Gasteiger partial charge in [-0.2, -0.15) is 0 Å². The van der Waals surface area contributed by atoms with E-state index in [0.717, 1.165) is 25.6 Å². The Morgan fingerprint density at radius 3 is 2.45 bits per heavy atom. The molecule has 0 saturated carbocycles. The summed E-state index contributed by atoms with van der Waals surface area (Å²) in [4.78, 5) is 4.95. The summed E-state index contributed by atoms with van der Waals surface area (Å²) in [5, 5.41) is 3.38. The normalized spacial score (nSPS) is 23.6. The van der Waals surface area contributed by atoms with Crippen LogP contribution in [0, 0.1) is 5.92 Å². The second-order valence-corrected chi connectivity index (χ2v) is 6.72. The zero-order valence-electron chi connectivity index (χ0n) is 13.4. The standard InChI is InChI=1S/C16H33N3O/c1-18(2)14-15-6-11-19(12-7-15)10-3-13-20-16-4-8-17-9-5-16/h15-17H,3-14H2,1-2H3. The second-order valence-electron chi connectivity index (χ2n) is 6.72. The van der Waals surface area contributed by atoms with E-state index in [9.17, 15) is 0 Å². The summed E-state index contributed by atoms with van der Waals surface area (Å²) in [6, 6.07) is 0. The van der Waals surface area contributed by atoms with Crippen LogP contribution in [0.25, 0.3) is 0 Å². The number of piperidine rings is 2. The fraction of sp³-hybridized carbons (Fsp3) is 1.00. The van der Waals surface area contributed by atoms with Gasteiger partial charge in [-0.05, 0) is 78.3 Å². The molecule has 2 saturated heterocycles. The van der Waals surface area contributed by atoms with Crippen LogP contribution in [0.1, 0.15) is 32.1 Å². The number of hydrogen-bond acceptors (Lipinski definition) is 4. The Bertz CT molecular complexity index is 246. The van der Waals surface area contributed by atoms with Crippen molar-refractivity contribution in [2.45, 2.75) is 38.2 Å². The Kier molecular flexibility index (Phi) is 7.28. The first-order chi connectivity index (χ1) is 9.74. The molecule has 0 aromatic rings. The minimum Gasteiger partial charge on any atom is -0.378 e. The lowest BCUT2D eigenvalue weighted by Crippen LogP contribution is -2.38. The van der Waals surface area contributed by atoms with E-state index in [1.54, 1.807) is 0 Å². The lowest BCUT2D eigenvalue weighted by molar-refractivity contribution is 0.0261. The van der Waals surface area contributed by atoms with Crippen molar-refractivity contribution < 1.29 is 4.74 Å². The van der Waals surface area contributed by atoms with Crippen LogP contribution in [0.15, 0.2) is 0 Å². The van der Waals surface area contributed by atoms with E-state index in [2.05, 4.69) is 29.2 Å². The molecular weight excluding hydrogens is 250 g/mol. The maximum atomic E-state index is 5.97. The van der Waals surface area contributed by atoms with Crippen molar-refractivity contribution in [2.24, 2.45) is 5.92 Å². The predicted octanol–water partition coefficient (Wildman–Crippen LogP) is 1.42. The van der Waals surface area contributed by atoms with Crippen LogP contribution in [-0.4, -0.2) is 75.9 Å². The summed E-state index contributed by atoms with van der Waals surface area (Å²) >= 11 is 0. The summed E-state index contributed by atoms with van der Waals surface area (Å²) < 4.78 is 5.97. The fourth-order valence-electron chi connectivity index (χ4n) is 3.41. The number of nitrogens with one attached hydrogen (secondary N) is 1. The van der Waals surface area contributed by atoms with E-state index in [-0.39, 0.29) is 0 Å². The molecule has 0 spiro atoms. The van der Waals surface area contributed by atoms with Crippen LogP contribution < -0.4 is 5.32 Å². The third-order valence-corrected chi connectivity index (χ3v) is 4.59. The molecule has 20 heavy (non-hydrogen) atoms. The molecule has 2 heterocycles. The van der Waals surface area contributed by atoms with Crippen molar-refractivity contribution in [3.8, 4) is 0 Å². The highest BCUT2D eigenvalue weighted by Crippen LogP contribution is 2.17. The van der Waals surface area contributed by atoms with Crippen LogP contribution in [-0.2, 0) is 4.74 Å². The molecule has 2 fully saturated rings. The number of ether oxygens (including phenoxy) is 1. The Labute approximate surface area is 124 Å². The van der Waals surface area contributed by atoms with Gasteiger partial charge in [0.15, 0.2) is 0 Å². The van der Waals surface area contributed by atoms with Crippen molar-refractivity contribution in [1.82, 2.24) is 15.1 Å². The first kappa shape index (κ1) is 16.2. The van der Waals surface area contributed by atoms with Gasteiger partial charge in [0.1, 0.15) is 0 Å². The molecule has 4 nitrogen and oxygen atoms in total. The van der Waals surface area contributed by atoms with Crippen molar-refractivity contribution in [1.29, 1.82) is 0 Å². The number of hydrogen-bond donors (Lipinski definition) is 1. The van der Waals surface area contributed by atoms with Crippen molar-refractivity contribution in [2.75, 3.05) is 60.0 Å². The Morgan fingerprint density at radius 2 is 1.80 bits per heavy atom. The zero-order valence-corrected chi connectivity index (χ0v) is 13.4. The number of likely N-dealkylation sites (tertiary alicyclic amines) is 1. The van der Waals surface area contributed by atoms with E-state index >= 15 is 0 Å².